The molecule has 0 bridgehead atoms. The SMILES string of the molecule is CNC1CC(Oc2ccc(-c3cnc4ccc(NC(C)c5cccc(F)c5)nn34)cc2)C1. The molecule has 0 radical (unpaired) electrons. The molecule has 6 nitrogen and oxygen atoms in total. The van der Waals surface area contributed by atoms with E-state index in [0.29, 0.717) is 11.9 Å². The molecule has 1 aliphatic rings. The molecule has 1 aliphatic carbocycles. The van der Waals surface area contributed by atoms with Gasteiger partial charge in [0.05, 0.1) is 17.9 Å². The second kappa shape index (κ2) is 8.59. The van der Waals surface area contributed by atoms with Gasteiger partial charge >= 0.3 is 0 Å². The van der Waals surface area contributed by atoms with E-state index in [-0.39, 0.29) is 18.0 Å². The third kappa shape index (κ3) is 4.16. The van der Waals surface area contributed by atoms with Crippen LogP contribution < -0.4 is 15.4 Å². The van der Waals surface area contributed by atoms with Crippen molar-refractivity contribution in [3.63, 3.8) is 0 Å². The number of anilines is 1. The summed E-state index contributed by atoms with van der Waals surface area (Å²) in [7, 11) is 1.99. The summed E-state index contributed by atoms with van der Waals surface area (Å²) >= 11 is 0. The van der Waals surface area contributed by atoms with Crippen LogP contribution in [0.3, 0.4) is 0 Å². The van der Waals surface area contributed by atoms with Crippen LogP contribution in [-0.4, -0.2) is 33.8 Å². The van der Waals surface area contributed by atoms with E-state index >= 15 is 0 Å². The summed E-state index contributed by atoms with van der Waals surface area (Å²) in [6.07, 6.45) is 4.18. The van der Waals surface area contributed by atoms with Gasteiger partial charge in [-0.25, -0.2) is 13.9 Å². The molecule has 0 aliphatic heterocycles. The number of imidazole rings is 1. The van der Waals surface area contributed by atoms with Gasteiger partial charge in [0.15, 0.2) is 5.65 Å². The molecule has 4 aromatic rings. The Morgan fingerprint density at radius 3 is 2.66 bits per heavy atom. The van der Waals surface area contributed by atoms with E-state index in [0.717, 1.165) is 41.1 Å². The van der Waals surface area contributed by atoms with Crippen LogP contribution in [-0.2, 0) is 0 Å². The van der Waals surface area contributed by atoms with E-state index in [2.05, 4.69) is 15.6 Å². The van der Waals surface area contributed by atoms with Crippen LogP contribution in [0.15, 0.2) is 66.9 Å². The molecule has 2 heterocycles. The topological polar surface area (TPSA) is 63.5 Å². The Bertz CT molecular complexity index is 1220. The Hall–Kier alpha value is -3.45. The zero-order valence-corrected chi connectivity index (χ0v) is 18.1. The highest BCUT2D eigenvalue weighted by molar-refractivity contribution is 5.64. The molecular weight excluding hydrogens is 405 g/mol. The minimum Gasteiger partial charge on any atom is -0.490 e. The van der Waals surface area contributed by atoms with Crippen LogP contribution in [0.4, 0.5) is 10.2 Å². The van der Waals surface area contributed by atoms with Gasteiger partial charge in [-0.2, -0.15) is 0 Å². The summed E-state index contributed by atoms with van der Waals surface area (Å²) in [6, 6.07) is 18.9. The fourth-order valence-corrected chi connectivity index (χ4v) is 4.02. The Morgan fingerprint density at radius 2 is 1.91 bits per heavy atom. The highest BCUT2D eigenvalue weighted by Crippen LogP contribution is 2.28. The maximum absolute atomic E-state index is 13.6. The molecule has 2 aromatic carbocycles. The smallest absolute Gasteiger partial charge is 0.154 e. The number of ether oxygens (including phenoxy) is 1. The molecule has 32 heavy (non-hydrogen) atoms. The van der Waals surface area contributed by atoms with Crippen molar-refractivity contribution in [1.29, 1.82) is 0 Å². The molecule has 7 heteroatoms. The Morgan fingerprint density at radius 1 is 1.09 bits per heavy atom. The number of benzene rings is 2. The number of hydrogen-bond acceptors (Lipinski definition) is 5. The van der Waals surface area contributed by atoms with Crippen molar-refractivity contribution in [2.75, 3.05) is 12.4 Å². The first-order valence-corrected chi connectivity index (χ1v) is 10.9. The van der Waals surface area contributed by atoms with Gasteiger partial charge in [0, 0.05) is 11.6 Å². The second-order valence-corrected chi connectivity index (χ2v) is 8.27. The first-order valence-electron chi connectivity index (χ1n) is 10.9. The van der Waals surface area contributed by atoms with Crippen LogP contribution in [0, 0.1) is 5.82 Å². The lowest BCUT2D eigenvalue weighted by Gasteiger charge is -2.35. The van der Waals surface area contributed by atoms with E-state index < -0.39 is 0 Å². The van der Waals surface area contributed by atoms with Crippen LogP contribution >= 0.6 is 0 Å². The fraction of sp³-hybridized carbons (Fsp3) is 0.280. The number of aromatic nitrogens is 3. The molecule has 2 N–H and O–H groups in total. The summed E-state index contributed by atoms with van der Waals surface area (Å²) in [5.41, 5.74) is 3.53. The van der Waals surface area contributed by atoms with Crippen molar-refractivity contribution in [3.8, 4) is 17.0 Å². The van der Waals surface area contributed by atoms with E-state index in [1.807, 2.05) is 67.1 Å². The zero-order valence-electron chi connectivity index (χ0n) is 18.1. The van der Waals surface area contributed by atoms with Crippen LogP contribution in [0.25, 0.3) is 16.9 Å². The van der Waals surface area contributed by atoms with Crippen LogP contribution in [0.2, 0.25) is 0 Å². The lowest BCUT2D eigenvalue weighted by atomic mass is 9.89. The third-order valence-corrected chi connectivity index (χ3v) is 6.03. The quantitative estimate of drug-likeness (QED) is 0.439. The van der Waals surface area contributed by atoms with Gasteiger partial charge in [-0.1, -0.05) is 12.1 Å². The van der Waals surface area contributed by atoms with Gasteiger partial charge in [0.2, 0.25) is 0 Å². The van der Waals surface area contributed by atoms with Crippen LogP contribution in [0.5, 0.6) is 5.75 Å². The summed E-state index contributed by atoms with van der Waals surface area (Å²) in [5.74, 6) is 1.32. The molecule has 164 valence electrons. The predicted octanol–water partition coefficient (Wildman–Crippen LogP) is 4.84. The number of rotatable bonds is 7. The Kier molecular flexibility index (Phi) is 5.49. The highest BCUT2D eigenvalue weighted by atomic mass is 19.1. The number of fused-ring (bicyclic) bond motifs is 1. The molecule has 1 atom stereocenters. The lowest BCUT2D eigenvalue weighted by Crippen LogP contribution is -2.45. The molecule has 1 fully saturated rings. The number of nitrogens with one attached hydrogen (secondary N) is 2. The second-order valence-electron chi connectivity index (χ2n) is 8.27. The fourth-order valence-electron chi connectivity index (χ4n) is 4.02. The van der Waals surface area contributed by atoms with Gasteiger partial charge in [-0.3, -0.25) is 0 Å². The largest absolute Gasteiger partial charge is 0.490 e. The van der Waals surface area contributed by atoms with Crippen molar-refractivity contribution >= 4 is 11.5 Å². The maximum atomic E-state index is 13.6. The number of nitrogens with zero attached hydrogens (tertiary/aromatic N) is 3. The minimum atomic E-state index is -0.247. The summed E-state index contributed by atoms with van der Waals surface area (Å²) in [5, 5.41) is 11.3. The van der Waals surface area contributed by atoms with Crippen molar-refractivity contribution in [2.45, 2.75) is 38.0 Å². The molecule has 0 spiro atoms. The third-order valence-electron chi connectivity index (χ3n) is 6.03. The van der Waals surface area contributed by atoms with Gasteiger partial charge < -0.3 is 15.4 Å². The Labute approximate surface area is 186 Å². The molecule has 5 rings (SSSR count). The van der Waals surface area contributed by atoms with Gasteiger partial charge in [0.25, 0.3) is 0 Å². The van der Waals surface area contributed by atoms with E-state index in [1.54, 1.807) is 6.07 Å². The first-order chi connectivity index (χ1) is 15.6. The molecule has 1 unspecified atom stereocenters. The normalized spacial score (nSPS) is 18.8. The first kappa shape index (κ1) is 20.5. The molecule has 0 saturated heterocycles. The van der Waals surface area contributed by atoms with Gasteiger partial charge in [0.1, 0.15) is 23.5 Å². The molecule has 0 amide bonds. The van der Waals surface area contributed by atoms with Crippen LogP contribution in [0.1, 0.15) is 31.4 Å². The van der Waals surface area contributed by atoms with Crippen molar-refractivity contribution in [1.82, 2.24) is 19.9 Å². The van der Waals surface area contributed by atoms with Gasteiger partial charge in [-0.05, 0) is 80.9 Å². The average molecular weight is 432 g/mol. The number of halogens is 1. The van der Waals surface area contributed by atoms with E-state index in [9.17, 15) is 4.39 Å². The Balaban J connectivity index is 1.33. The molecule has 2 aromatic heterocycles. The lowest BCUT2D eigenvalue weighted by molar-refractivity contribution is 0.0885. The summed E-state index contributed by atoms with van der Waals surface area (Å²) in [6.45, 7) is 1.98. The zero-order chi connectivity index (χ0) is 22.1. The van der Waals surface area contributed by atoms with Crippen molar-refractivity contribution in [3.05, 3.63) is 78.2 Å². The predicted molar refractivity (Wildman–Crippen MR) is 123 cm³/mol. The number of hydrogen-bond donors (Lipinski definition) is 2. The monoisotopic (exact) mass is 431 g/mol. The highest BCUT2D eigenvalue weighted by Gasteiger charge is 2.29. The van der Waals surface area contributed by atoms with E-state index in [4.69, 9.17) is 9.84 Å². The molecule has 1 saturated carbocycles. The minimum absolute atomic E-state index is 0.0898. The summed E-state index contributed by atoms with van der Waals surface area (Å²) in [4.78, 5) is 4.48. The van der Waals surface area contributed by atoms with Crippen molar-refractivity contribution < 1.29 is 9.13 Å². The average Bonchev–Trinajstić information content (AvgIpc) is 3.19. The molecular formula is C25H26FN5O. The maximum Gasteiger partial charge on any atom is 0.154 e. The van der Waals surface area contributed by atoms with Gasteiger partial charge in [-0.15, -0.1) is 5.10 Å². The summed E-state index contributed by atoms with van der Waals surface area (Å²) < 4.78 is 21.4. The van der Waals surface area contributed by atoms with Crippen molar-refractivity contribution in [2.24, 2.45) is 0 Å². The standard InChI is InChI=1S/C25H26FN5O/c1-16(18-4-3-5-19(26)12-18)29-24-10-11-25-28-15-23(31(25)30-24)17-6-8-21(9-7-17)32-22-13-20(14-22)27-2/h3-12,15-16,20,22,27H,13-14H2,1-2H3,(H,29,30). The van der Waals surface area contributed by atoms with E-state index in [1.165, 1.54) is 12.1 Å².